The minimum Gasteiger partial charge on any atom is -0.319 e. The molecule has 15 heavy (non-hydrogen) atoms. The van der Waals surface area contributed by atoms with Gasteiger partial charge in [0.15, 0.2) is 0 Å². The van der Waals surface area contributed by atoms with E-state index in [1.165, 1.54) is 23.4 Å². The minimum atomic E-state index is 0.385. The Kier molecular flexibility index (Phi) is 2.59. The number of aromatic nitrogens is 2. The van der Waals surface area contributed by atoms with Gasteiger partial charge >= 0.3 is 0 Å². The molecule has 3 heteroatoms. The summed E-state index contributed by atoms with van der Waals surface area (Å²) in [5.41, 5.74) is 4.38. The summed E-state index contributed by atoms with van der Waals surface area (Å²) < 4.78 is 0. The van der Waals surface area contributed by atoms with Crippen LogP contribution >= 0.6 is 0 Å². The van der Waals surface area contributed by atoms with Crippen LogP contribution in [0.15, 0.2) is 0 Å². The molecule has 2 N–H and O–H groups in total. The first-order chi connectivity index (χ1) is 7.03. The summed E-state index contributed by atoms with van der Waals surface area (Å²) in [6, 6.07) is 0. The van der Waals surface area contributed by atoms with E-state index in [1.807, 2.05) is 7.05 Å². The number of aryl methyl sites for hydroxylation is 1. The van der Waals surface area contributed by atoms with Crippen molar-refractivity contribution in [2.24, 2.45) is 5.41 Å². The molecule has 1 unspecified atom stereocenters. The fraction of sp³-hybridized carbons (Fsp3) is 0.750. The Hall–Kier alpha value is -0.830. The van der Waals surface area contributed by atoms with Crippen molar-refractivity contribution in [2.75, 3.05) is 13.6 Å². The van der Waals surface area contributed by atoms with Crippen molar-refractivity contribution in [3.8, 4) is 0 Å². The second kappa shape index (κ2) is 3.63. The highest BCUT2D eigenvalue weighted by Gasteiger charge is 2.34. The summed E-state index contributed by atoms with van der Waals surface area (Å²) in [6.07, 6.45) is 2.36. The average Bonchev–Trinajstić information content (AvgIpc) is 2.46. The van der Waals surface area contributed by atoms with E-state index < -0.39 is 0 Å². The van der Waals surface area contributed by atoms with Crippen LogP contribution in [0.4, 0.5) is 0 Å². The molecule has 0 amide bonds. The van der Waals surface area contributed by atoms with Crippen LogP contribution in [0.3, 0.4) is 0 Å². The number of fused-ring (bicyclic) bond motifs is 1. The largest absolute Gasteiger partial charge is 0.319 e. The molecule has 0 saturated heterocycles. The molecule has 0 aliphatic heterocycles. The van der Waals surface area contributed by atoms with Gasteiger partial charge in [-0.05, 0) is 32.2 Å². The Bertz CT molecular complexity index is 352. The molecule has 1 aromatic heterocycles. The van der Waals surface area contributed by atoms with Gasteiger partial charge in [-0.15, -0.1) is 0 Å². The molecule has 3 nitrogen and oxygen atoms in total. The lowest BCUT2D eigenvalue weighted by atomic mass is 9.71. The van der Waals surface area contributed by atoms with Gasteiger partial charge in [0.25, 0.3) is 0 Å². The zero-order chi connectivity index (χ0) is 11.1. The van der Waals surface area contributed by atoms with E-state index >= 15 is 0 Å². The third kappa shape index (κ3) is 1.93. The fourth-order valence-electron chi connectivity index (χ4n) is 2.88. The Morgan fingerprint density at radius 1 is 1.53 bits per heavy atom. The monoisotopic (exact) mass is 207 g/mol. The predicted molar refractivity (Wildman–Crippen MR) is 62.1 cm³/mol. The number of hydrogen-bond donors (Lipinski definition) is 2. The normalized spacial score (nSPS) is 23.9. The number of aromatic amines is 1. The van der Waals surface area contributed by atoms with Crippen LogP contribution < -0.4 is 5.32 Å². The smallest absolute Gasteiger partial charge is 0.0665 e. The molecular weight excluding hydrogens is 186 g/mol. The quantitative estimate of drug-likeness (QED) is 0.778. The molecule has 0 fully saturated rings. The van der Waals surface area contributed by atoms with Gasteiger partial charge in [-0.1, -0.05) is 13.8 Å². The topological polar surface area (TPSA) is 40.7 Å². The molecule has 84 valence electrons. The lowest BCUT2D eigenvalue weighted by Crippen LogP contribution is -2.30. The standard InChI is InChI=1S/C12H21N3/c1-8-11-9(7-13-4)5-12(2,3)6-10(11)15-14-8/h9,13H,5-7H2,1-4H3,(H,14,15). The maximum absolute atomic E-state index is 4.43. The first-order valence-corrected chi connectivity index (χ1v) is 5.72. The second-order valence-electron chi connectivity index (χ2n) is 5.51. The lowest BCUT2D eigenvalue weighted by Gasteiger charge is -2.34. The highest BCUT2D eigenvalue weighted by atomic mass is 15.1. The molecule has 0 bridgehead atoms. The van der Waals surface area contributed by atoms with Crippen LogP contribution in [0, 0.1) is 12.3 Å². The van der Waals surface area contributed by atoms with E-state index in [1.54, 1.807) is 0 Å². The van der Waals surface area contributed by atoms with Crippen LogP contribution in [0.25, 0.3) is 0 Å². The third-order valence-electron chi connectivity index (χ3n) is 3.38. The van der Waals surface area contributed by atoms with Crippen molar-refractivity contribution >= 4 is 0 Å². The van der Waals surface area contributed by atoms with Crippen LogP contribution in [0.2, 0.25) is 0 Å². The van der Waals surface area contributed by atoms with Crippen molar-refractivity contribution in [2.45, 2.75) is 39.5 Å². The molecule has 1 aliphatic carbocycles. The SMILES string of the molecule is CNCC1CC(C)(C)Cc2n[nH]c(C)c21. The van der Waals surface area contributed by atoms with Gasteiger partial charge < -0.3 is 5.32 Å². The summed E-state index contributed by atoms with van der Waals surface area (Å²) in [5, 5.41) is 10.9. The maximum Gasteiger partial charge on any atom is 0.0665 e. The summed E-state index contributed by atoms with van der Waals surface area (Å²) >= 11 is 0. The second-order valence-corrected chi connectivity index (χ2v) is 5.51. The number of nitrogens with zero attached hydrogens (tertiary/aromatic N) is 1. The number of hydrogen-bond acceptors (Lipinski definition) is 2. The Balaban J connectivity index is 2.36. The molecule has 0 aromatic carbocycles. The first-order valence-electron chi connectivity index (χ1n) is 5.72. The molecule has 1 heterocycles. The van der Waals surface area contributed by atoms with E-state index in [0.29, 0.717) is 11.3 Å². The van der Waals surface area contributed by atoms with Crippen molar-refractivity contribution in [1.29, 1.82) is 0 Å². The minimum absolute atomic E-state index is 0.385. The van der Waals surface area contributed by atoms with Crippen molar-refractivity contribution in [3.05, 3.63) is 17.0 Å². The zero-order valence-electron chi connectivity index (χ0n) is 10.1. The molecule has 1 aliphatic rings. The Morgan fingerprint density at radius 3 is 2.93 bits per heavy atom. The molecular formula is C12H21N3. The van der Waals surface area contributed by atoms with Crippen LogP contribution in [-0.4, -0.2) is 23.8 Å². The molecule has 2 rings (SSSR count). The van der Waals surface area contributed by atoms with Gasteiger partial charge in [0, 0.05) is 23.7 Å². The van der Waals surface area contributed by atoms with E-state index in [2.05, 4.69) is 36.3 Å². The Labute approximate surface area is 91.7 Å². The molecule has 1 atom stereocenters. The van der Waals surface area contributed by atoms with Crippen LogP contribution in [-0.2, 0) is 6.42 Å². The van der Waals surface area contributed by atoms with Crippen molar-refractivity contribution < 1.29 is 0 Å². The van der Waals surface area contributed by atoms with Gasteiger partial charge in [0.2, 0.25) is 0 Å². The molecule has 1 aromatic rings. The van der Waals surface area contributed by atoms with Crippen molar-refractivity contribution in [3.63, 3.8) is 0 Å². The summed E-state index contributed by atoms with van der Waals surface area (Å²) in [7, 11) is 2.02. The van der Waals surface area contributed by atoms with E-state index in [-0.39, 0.29) is 0 Å². The number of rotatable bonds is 2. The molecule has 0 spiro atoms. The zero-order valence-corrected chi connectivity index (χ0v) is 10.1. The number of nitrogens with one attached hydrogen (secondary N) is 2. The number of likely N-dealkylation sites (N-methyl/N-ethyl adjacent to an activating group) is 1. The van der Waals surface area contributed by atoms with Gasteiger partial charge in [0.1, 0.15) is 0 Å². The first kappa shape index (κ1) is 10.7. The van der Waals surface area contributed by atoms with Crippen LogP contribution in [0.5, 0.6) is 0 Å². The van der Waals surface area contributed by atoms with Gasteiger partial charge in [0.05, 0.1) is 5.69 Å². The van der Waals surface area contributed by atoms with E-state index in [4.69, 9.17) is 0 Å². The average molecular weight is 207 g/mol. The highest BCUT2D eigenvalue weighted by Crippen LogP contribution is 2.41. The van der Waals surface area contributed by atoms with Gasteiger partial charge in [-0.3, -0.25) is 5.10 Å². The molecule has 0 radical (unpaired) electrons. The summed E-state index contributed by atoms with van der Waals surface area (Å²) in [6.45, 7) is 7.86. The van der Waals surface area contributed by atoms with E-state index in [0.717, 1.165) is 13.0 Å². The van der Waals surface area contributed by atoms with Gasteiger partial charge in [-0.25, -0.2) is 0 Å². The van der Waals surface area contributed by atoms with Crippen LogP contribution in [0.1, 0.15) is 43.1 Å². The predicted octanol–water partition coefficient (Wildman–Crippen LogP) is 1.99. The summed E-state index contributed by atoms with van der Waals surface area (Å²) in [5.74, 6) is 0.618. The lowest BCUT2D eigenvalue weighted by molar-refractivity contribution is 0.275. The maximum atomic E-state index is 4.43. The Morgan fingerprint density at radius 2 is 2.27 bits per heavy atom. The third-order valence-corrected chi connectivity index (χ3v) is 3.38. The summed E-state index contributed by atoms with van der Waals surface area (Å²) in [4.78, 5) is 0. The van der Waals surface area contributed by atoms with E-state index in [9.17, 15) is 0 Å². The molecule has 0 saturated carbocycles. The fourth-order valence-corrected chi connectivity index (χ4v) is 2.88. The van der Waals surface area contributed by atoms with Crippen molar-refractivity contribution in [1.82, 2.24) is 15.5 Å². The number of H-pyrrole nitrogens is 1. The highest BCUT2D eigenvalue weighted by molar-refractivity contribution is 5.32. The van der Waals surface area contributed by atoms with Gasteiger partial charge in [-0.2, -0.15) is 5.10 Å².